The molecule has 1 amide bonds. The van der Waals surface area contributed by atoms with Gasteiger partial charge >= 0.3 is 0 Å². The average molecular weight is 327 g/mol. The quantitative estimate of drug-likeness (QED) is 0.347. The molecule has 0 aliphatic heterocycles. The van der Waals surface area contributed by atoms with Crippen molar-refractivity contribution in [2.75, 3.05) is 20.1 Å². The van der Waals surface area contributed by atoms with Crippen molar-refractivity contribution in [1.82, 2.24) is 10.2 Å². The number of oxime groups is 1. The molecule has 1 aromatic carbocycles. The number of rotatable bonds is 7. The molecule has 6 heteroatoms. The van der Waals surface area contributed by atoms with Crippen LogP contribution in [0.25, 0.3) is 0 Å². The molecule has 2 aromatic rings. The van der Waals surface area contributed by atoms with Gasteiger partial charge in [0, 0.05) is 31.8 Å². The summed E-state index contributed by atoms with van der Waals surface area (Å²) in [5.74, 6) is -0.142. The molecule has 0 saturated carbocycles. The molecule has 1 aromatic heterocycles. The number of aromatic nitrogens is 1. The fourth-order valence-corrected chi connectivity index (χ4v) is 2.35. The van der Waals surface area contributed by atoms with Gasteiger partial charge in [-0.05, 0) is 12.6 Å². The van der Waals surface area contributed by atoms with Crippen LogP contribution in [-0.4, -0.2) is 42.4 Å². The van der Waals surface area contributed by atoms with Gasteiger partial charge in [-0.3, -0.25) is 4.79 Å². The third-order valence-electron chi connectivity index (χ3n) is 3.71. The van der Waals surface area contributed by atoms with Crippen molar-refractivity contribution in [3.63, 3.8) is 0 Å². The first-order valence-electron chi connectivity index (χ1n) is 7.78. The molecule has 0 bridgehead atoms. The SMILES string of the molecule is CN(CCNC(=O)c1cc[n+](C)c(/C=N/O)c1)Cc1ccccc1. The average Bonchev–Trinajstić information content (AvgIpc) is 2.58. The molecule has 0 radical (unpaired) electrons. The van der Waals surface area contributed by atoms with Gasteiger partial charge in [-0.25, -0.2) is 4.57 Å². The number of pyridine rings is 1. The summed E-state index contributed by atoms with van der Waals surface area (Å²) in [6.07, 6.45) is 3.05. The first-order valence-corrected chi connectivity index (χ1v) is 7.78. The zero-order valence-electron chi connectivity index (χ0n) is 14.0. The van der Waals surface area contributed by atoms with E-state index in [-0.39, 0.29) is 5.91 Å². The molecule has 6 nitrogen and oxygen atoms in total. The molecule has 2 N–H and O–H groups in total. The van der Waals surface area contributed by atoms with Gasteiger partial charge in [-0.2, -0.15) is 0 Å². The molecule has 1 heterocycles. The standard InChI is InChI=1S/C18H22N4O2/c1-21(14-15-6-4-3-5-7-15)11-9-19-18(23)16-8-10-22(2)17(12-16)13-20-24/h3-8,10,12-13H,9,11,14H2,1-2H3,(H,19,23)/p+1. The Morgan fingerprint density at radius 1 is 1.33 bits per heavy atom. The number of amides is 1. The highest BCUT2D eigenvalue weighted by molar-refractivity contribution is 5.95. The van der Waals surface area contributed by atoms with Gasteiger partial charge in [-0.1, -0.05) is 35.5 Å². The summed E-state index contributed by atoms with van der Waals surface area (Å²) < 4.78 is 1.77. The van der Waals surface area contributed by atoms with Crippen molar-refractivity contribution in [3.05, 3.63) is 65.5 Å². The molecule has 0 saturated heterocycles. The summed E-state index contributed by atoms with van der Waals surface area (Å²) in [5.41, 5.74) is 2.43. The maximum absolute atomic E-state index is 12.2. The third-order valence-corrected chi connectivity index (χ3v) is 3.71. The summed E-state index contributed by atoms with van der Waals surface area (Å²) >= 11 is 0. The van der Waals surface area contributed by atoms with Gasteiger partial charge in [-0.15, -0.1) is 0 Å². The molecular weight excluding hydrogens is 304 g/mol. The van der Waals surface area contributed by atoms with Crippen LogP contribution >= 0.6 is 0 Å². The fourth-order valence-electron chi connectivity index (χ4n) is 2.35. The van der Waals surface area contributed by atoms with Gasteiger partial charge in [0.2, 0.25) is 5.69 Å². The van der Waals surface area contributed by atoms with Crippen molar-refractivity contribution in [2.45, 2.75) is 6.54 Å². The Balaban J connectivity index is 1.84. The summed E-state index contributed by atoms with van der Waals surface area (Å²) in [4.78, 5) is 14.4. The maximum Gasteiger partial charge on any atom is 0.251 e. The third kappa shape index (κ3) is 5.17. The van der Waals surface area contributed by atoms with Crippen LogP contribution in [0.3, 0.4) is 0 Å². The summed E-state index contributed by atoms with van der Waals surface area (Å²) in [7, 11) is 3.84. The van der Waals surface area contributed by atoms with Gasteiger partial charge in [0.15, 0.2) is 6.20 Å². The number of nitrogens with one attached hydrogen (secondary N) is 1. The van der Waals surface area contributed by atoms with Crippen LogP contribution in [0.1, 0.15) is 21.6 Å². The Labute approximate surface area is 142 Å². The minimum Gasteiger partial charge on any atom is -0.411 e. The van der Waals surface area contributed by atoms with Crippen LogP contribution in [-0.2, 0) is 13.6 Å². The smallest absolute Gasteiger partial charge is 0.251 e. The largest absolute Gasteiger partial charge is 0.411 e. The van der Waals surface area contributed by atoms with E-state index in [0.717, 1.165) is 13.1 Å². The molecule has 2 rings (SSSR count). The molecule has 126 valence electrons. The number of nitrogens with zero attached hydrogens (tertiary/aromatic N) is 3. The van der Waals surface area contributed by atoms with E-state index >= 15 is 0 Å². The zero-order valence-corrected chi connectivity index (χ0v) is 14.0. The molecule has 0 aliphatic carbocycles. The second-order valence-corrected chi connectivity index (χ2v) is 5.68. The number of carbonyl (C=O) groups is 1. The molecule has 24 heavy (non-hydrogen) atoms. The van der Waals surface area contributed by atoms with Gasteiger partial charge in [0.1, 0.15) is 13.3 Å². The second-order valence-electron chi connectivity index (χ2n) is 5.68. The Bertz CT molecular complexity index is 701. The highest BCUT2D eigenvalue weighted by atomic mass is 16.4. The summed E-state index contributed by atoms with van der Waals surface area (Å²) in [6, 6.07) is 13.6. The number of carbonyl (C=O) groups excluding carboxylic acids is 1. The predicted octanol–water partition coefficient (Wildman–Crippen LogP) is 1.18. The van der Waals surface area contributed by atoms with Crippen LogP contribution in [0.2, 0.25) is 0 Å². The number of benzene rings is 1. The van der Waals surface area contributed by atoms with E-state index in [9.17, 15) is 4.79 Å². The van der Waals surface area contributed by atoms with Crippen LogP contribution in [0.5, 0.6) is 0 Å². The Kier molecular flexibility index (Phi) is 6.45. The number of hydrogen-bond donors (Lipinski definition) is 2. The van der Waals surface area contributed by atoms with E-state index in [0.29, 0.717) is 17.8 Å². The van der Waals surface area contributed by atoms with Crippen LogP contribution in [0.15, 0.2) is 53.8 Å². The number of hydrogen-bond acceptors (Lipinski definition) is 4. The minimum absolute atomic E-state index is 0.142. The van der Waals surface area contributed by atoms with Crippen molar-refractivity contribution < 1.29 is 14.6 Å². The van der Waals surface area contributed by atoms with Crippen molar-refractivity contribution in [1.29, 1.82) is 0 Å². The normalized spacial score (nSPS) is 11.1. The topological polar surface area (TPSA) is 68.8 Å². The number of aryl methyl sites for hydroxylation is 1. The molecular formula is C18H23N4O2+. The molecule has 0 unspecified atom stereocenters. The summed E-state index contributed by atoms with van der Waals surface area (Å²) in [5, 5.41) is 14.6. The fraction of sp³-hybridized carbons (Fsp3) is 0.278. The lowest BCUT2D eigenvalue weighted by Gasteiger charge is -2.17. The van der Waals surface area contributed by atoms with Crippen molar-refractivity contribution in [3.8, 4) is 0 Å². The Morgan fingerprint density at radius 2 is 2.08 bits per heavy atom. The highest BCUT2D eigenvalue weighted by Crippen LogP contribution is 2.02. The minimum atomic E-state index is -0.142. The lowest BCUT2D eigenvalue weighted by molar-refractivity contribution is -0.672. The van der Waals surface area contributed by atoms with Crippen LogP contribution in [0, 0.1) is 0 Å². The molecule has 0 atom stereocenters. The van der Waals surface area contributed by atoms with Crippen LogP contribution < -0.4 is 9.88 Å². The molecule has 0 aliphatic rings. The van der Waals surface area contributed by atoms with E-state index in [4.69, 9.17) is 5.21 Å². The Morgan fingerprint density at radius 3 is 2.79 bits per heavy atom. The number of likely N-dealkylation sites (N-methyl/N-ethyl adjacent to an activating group) is 1. The van der Waals surface area contributed by atoms with Gasteiger partial charge in [0.25, 0.3) is 5.91 Å². The Hall–Kier alpha value is -2.73. The highest BCUT2D eigenvalue weighted by Gasteiger charge is 2.11. The van der Waals surface area contributed by atoms with E-state index < -0.39 is 0 Å². The van der Waals surface area contributed by atoms with E-state index in [1.54, 1.807) is 22.9 Å². The predicted molar refractivity (Wildman–Crippen MR) is 92.1 cm³/mol. The van der Waals surface area contributed by atoms with Gasteiger partial charge < -0.3 is 15.4 Å². The van der Waals surface area contributed by atoms with Gasteiger partial charge in [0.05, 0.1) is 5.56 Å². The lowest BCUT2D eigenvalue weighted by atomic mass is 10.2. The van der Waals surface area contributed by atoms with Crippen molar-refractivity contribution in [2.24, 2.45) is 12.2 Å². The van der Waals surface area contributed by atoms with E-state index in [1.165, 1.54) is 11.8 Å². The molecule has 0 spiro atoms. The van der Waals surface area contributed by atoms with Crippen LogP contribution in [0.4, 0.5) is 0 Å². The molecule has 0 fully saturated rings. The summed E-state index contributed by atoms with van der Waals surface area (Å²) in [6.45, 7) is 2.16. The van der Waals surface area contributed by atoms with Crippen molar-refractivity contribution >= 4 is 12.1 Å². The zero-order chi connectivity index (χ0) is 17.4. The lowest BCUT2D eigenvalue weighted by Crippen LogP contribution is -2.36. The first-order chi connectivity index (χ1) is 11.6. The maximum atomic E-state index is 12.2. The van der Waals surface area contributed by atoms with E-state index in [2.05, 4.69) is 27.5 Å². The van der Waals surface area contributed by atoms with E-state index in [1.807, 2.05) is 32.3 Å². The first kappa shape index (κ1) is 17.6. The monoisotopic (exact) mass is 327 g/mol. The second kappa shape index (κ2) is 8.79.